The van der Waals surface area contributed by atoms with Crippen molar-refractivity contribution in [2.45, 2.75) is 4.90 Å². The zero-order chi connectivity index (χ0) is 18.1. The summed E-state index contributed by atoms with van der Waals surface area (Å²) in [5.41, 5.74) is 2.57. The third-order valence-electron chi connectivity index (χ3n) is 4.12. The number of oxime groups is 1. The number of hydrogen-bond donors (Lipinski definition) is 0. The summed E-state index contributed by atoms with van der Waals surface area (Å²) >= 11 is 0. The summed E-state index contributed by atoms with van der Waals surface area (Å²) in [7, 11) is -4.10. The second-order valence-electron chi connectivity index (χ2n) is 5.70. The van der Waals surface area contributed by atoms with Crippen LogP contribution in [0.25, 0.3) is 11.1 Å². The van der Waals surface area contributed by atoms with Crippen LogP contribution in [0, 0.1) is 0 Å². The number of carbonyl (C=O) groups excluding carboxylic acids is 1. The van der Waals surface area contributed by atoms with Gasteiger partial charge < -0.3 is 0 Å². The fraction of sp³-hybridized carbons (Fsp3) is 0. The quantitative estimate of drug-likeness (QED) is 0.666. The topological polar surface area (TPSA) is 72.8 Å². The SMILES string of the molecule is O=C1/C(=N/OS(=O)(=O)c2ccccc2)c2ccccc2-c2ccccc21. The van der Waals surface area contributed by atoms with E-state index < -0.39 is 10.1 Å². The Hall–Kier alpha value is -3.25. The zero-order valence-corrected chi connectivity index (χ0v) is 14.3. The molecule has 0 saturated carbocycles. The Morgan fingerprint density at radius 2 is 1.15 bits per heavy atom. The summed E-state index contributed by atoms with van der Waals surface area (Å²) in [6, 6.07) is 22.0. The molecule has 0 unspecified atom stereocenters. The van der Waals surface area contributed by atoms with E-state index in [4.69, 9.17) is 4.28 Å². The van der Waals surface area contributed by atoms with Crippen molar-refractivity contribution in [2.75, 3.05) is 0 Å². The van der Waals surface area contributed by atoms with Crippen molar-refractivity contribution >= 4 is 21.6 Å². The van der Waals surface area contributed by atoms with E-state index in [1.54, 1.807) is 42.5 Å². The lowest BCUT2D eigenvalue weighted by Crippen LogP contribution is -2.23. The maximum Gasteiger partial charge on any atom is 0.358 e. The lowest BCUT2D eigenvalue weighted by Gasteiger charge is -2.19. The maximum atomic E-state index is 12.8. The highest BCUT2D eigenvalue weighted by Gasteiger charge is 2.29. The van der Waals surface area contributed by atoms with Crippen molar-refractivity contribution in [1.29, 1.82) is 0 Å². The number of fused-ring (bicyclic) bond motifs is 3. The first kappa shape index (κ1) is 16.2. The number of benzene rings is 3. The van der Waals surface area contributed by atoms with E-state index in [2.05, 4.69) is 5.16 Å². The van der Waals surface area contributed by atoms with Gasteiger partial charge in [0.15, 0.2) is 5.71 Å². The molecule has 0 bridgehead atoms. The van der Waals surface area contributed by atoms with Crippen LogP contribution in [0.3, 0.4) is 0 Å². The van der Waals surface area contributed by atoms with Crippen LogP contribution in [0.15, 0.2) is 88.9 Å². The summed E-state index contributed by atoms with van der Waals surface area (Å²) in [6.07, 6.45) is 0. The normalized spacial score (nSPS) is 14.6. The molecule has 0 spiro atoms. The van der Waals surface area contributed by atoms with Crippen molar-refractivity contribution < 1.29 is 17.5 Å². The zero-order valence-electron chi connectivity index (χ0n) is 13.5. The molecule has 0 atom stereocenters. The lowest BCUT2D eigenvalue weighted by molar-refractivity contribution is 0.106. The molecular formula is C20H13NO4S. The van der Waals surface area contributed by atoms with E-state index in [1.165, 1.54) is 12.1 Å². The highest BCUT2D eigenvalue weighted by Crippen LogP contribution is 2.33. The lowest BCUT2D eigenvalue weighted by atomic mass is 9.83. The Bertz CT molecular complexity index is 1140. The minimum absolute atomic E-state index is 0.0266. The van der Waals surface area contributed by atoms with E-state index >= 15 is 0 Å². The molecule has 0 fully saturated rings. The van der Waals surface area contributed by atoms with Crippen molar-refractivity contribution in [1.82, 2.24) is 0 Å². The minimum Gasteiger partial charge on any atom is -0.287 e. The van der Waals surface area contributed by atoms with E-state index in [0.717, 1.165) is 11.1 Å². The molecule has 1 aliphatic carbocycles. The molecule has 128 valence electrons. The van der Waals surface area contributed by atoms with Gasteiger partial charge in [0.05, 0.1) is 0 Å². The molecule has 3 aromatic rings. The van der Waals surface area contributed by atoms with Crippen LogP contribution in [-0.2, 0) is 14.4 Å². The first-order valence-corrected chi connectivity index (χ1v) is 9.29. The molecular weight excluding hydrogens is 350 g/mol. The number of hydrogen-bond acceptors (Lipinski definition) is 5. The van der Waals surface area contributed by atoms with Crippen LogP contribution in [0.2, 0.25) is 0 Å². The molecule has 0 radical (unpaired) electrons. The Labute approximate surface area is 150 Å². The van der Waals surface area contributed by atoms with Gasteiger partial charge in [-0.05, 0) is 23.3 Å². The Morgan fingerprint density at radius 1 is 0.654 bits per heavy atom. The second kappa shape index (κ2) is 6.24. The van der Waals surface area contributed by atoms with Crippen LogP contribution in [0.5, 0.6) is 0 Å². The fourth-order valence-corrected chi connectivity index (χ4v) is 3.65. The summed E-state index contributed by atoms with van der Waals surface area (Å²) in [4.78, 5) is 12.8. The average molecular weight is 363 g/mol. The molecule has 0 N–H and O–H groups in total. The number of nitrogens with zero attached hydrogens (tertiary/aromatic N) is 1. The average Bonchev–Trinajstić information content (AvgIpc) is 2.69. The van der Waals surface area contributed by atoms with Crippen LogP contribution in [0.4, 0.5) is 0 Å². The smallest absolute Gasteiger partial charge is 0.287 e. The van der Waals surface area contributed by atoms with Gasteiger partial charge in [-0.3, -0.25) is 9.08 Å². The highest BCUT2D eigenvalue weighted by atomic mass is 32.2. The maximum absolute atomic E-state index is 12.8. The van der Waals surface area contributed by atoms with Gasteiger partial charge >= 0.3 is 10.1 Å². The first-order valence-electron chi connectivity index (χ1n) is 7.88. The fourth-order valence-electron chi connectivity index (χ4n) is 2.90. The van der Waals surface area contributed by atoms with Gasteiger partial charge in [-0.15, -0.1) is 0 Å². The molecule has 5 nitrogen and oxygen atoms in total. The van der Waals surface area contributed by atoms with Crippen molar-refractivity contribution in [3.8, 4) is 11.1 Å². The Morgan fingerprint density at radius 3 is 1.81 bits per heavy atom. The van der Waals surface area contributed by atoms with Gasteiger partial charge in [0.2, 0.25) is 5.78 Å². The third-order valence-corrected chi connectivity index (χ3v) is 5.24. The Kier molecular flexibility index (Phi) is 3.89. The van der Waals surface area contributed by atoms with Gasteiger partial charge in [0, 0.05) is 11.1 Å². The van der Waals surface area contributed by atoms with Crippen LogP contribution < -0.4 is 0 Å². The van der Waals surface area contributed by atoms with E-state index in [0.29, 0.717) is 11.1 Å². The molecule has 4 rings (SSSR count). The van der Waals surface area contributed by atoms with Crippen molar-refractivity contribution in [2.24, 2.45) is 5.16 Å². The molecule has 0 aromatic heterocycles. The molecule has 0 amide bonds. The molecule has 0 aliphatic heterocycles. The second-order valence-corrected chi connectivity index (χ2v) is 7.23. The molecule has 6 heteroatoms. The first-order chi connectivity index (χ1) is 12.6. The number of ketones is 1. The Balaban J connectivity index is 1.80. The third kappa shape index (κ3) is 2.70. The standard InChI is InChI=1S/C20H13NO4S/c22-20-18-13-7-5-11-16(18)15-10-4-6-12-17(15)19(20)21-25-26(23,24)14-8-2-1-3-9-14/h1-13H/b21-19+. The van der Waals surface area contributed by atoms with E-state index in [9.17, 15) is 13.2 Å². The molecule has 0 heterocycles. The predicted octanol–water partition coefficient (Wildman–Crippen LogP) is 3.66. The summed E-state index contributed by atoms with van der Waals surface area (Å²) in [6.45, 7) is 0. The van der Waals surface area contributed by atoms with Crippen molar-refractivity contribution in [3.05, 3.63) is 90.0 Å². The number of rotatable bonds is 3. The molecule has 26 heavy (non-hydrogen) atoms. The highest BCUT2D eigenvalue weighted by molar-refractivity contribution is 7.86. The van der Waals surface area contributed by atoms with E-state index in [1.807, 2.05) is 24.3 Å². The van der Waals surface area contributed by atoms with Gasteiger partial charge in [-0.2, -0.15) is 8.42 Å². The molecule has 1 aliphatic rings. The monoisotopic (exact) mass is 363 g/mol. The van der Waals surface area contributed by atoms with Gasteiger partial charge in [-0.25, -0.2) is 0 Å². The predicted molar refractivity (Wildman–Crippen MR) is 97.5 cm³/mol. The van der Waals surface area contributed by atoms with Crippen LogP contribution in [0.1, 0.15) is 15.9 Å². The molecule has 3 aromatic carbocycles. The van der Waals surface area contributed by atoms with E-state index in [-0.39, 0.29) is 16.4 Å². The minimum atomic E-state index is -4.10. The van der Waals surface area contributed by atoms with Crippen molar-refractivity contribution in [3.63, 3.8) is 0 Å². The van der Waals surface area contributed by atoms with Gasteiger partial charge in [0.25, 0.3) is 0 Å². The van der Waals surface area contributed by atoms with Crippen LogP contribution >= 0.6 is 0 Å². The van der Waals surface area contributed by atoms with Crippen LogP contribution in [-0.4, -0.2) is 19.9 Å². The van der Waals surface area contributed by atoms with Gasteiger partial charge in [0.1, 0.15) is 4.90 Å². The largest absolute Gasteiger partial charge is 0.358 e. The molecule has 0 saturated heterocycles. The number of carbonyl (C=O) groups is 1. The summed E-state index contributed by atoms with van der Waals surface area (Å²) in [5.74, 6) is -0.373. The number of Topliss-reactive ketones (excluding diaryl/α,β-unsaturated/α-hetero) is 1. The summed E-state index contributed by atoms with van der Waals surface area (Å²) < 4.78 is 29.4. The van der Waals surface area contributed by atoms with Gasteiger partial charge in [-0.1, -0.05) is 71.9 Å². The summed E-state index contributed by atoms with van der Waals surface area (Å²) in [5, 5.41) is 3.73.